The first-order valence-corrected chi connectivity index (χ1v) is 4.94. The molecule has 86 valence electrons. The van der Waals surface area contributed by atoms with Gasteiger partial charge < -0.3 is 9.84 Å². The van der Waals surface area contributed by atoms with E-state index in [1.54, 1.807) is 18.2 Å². The van der Waals surface area contributed by atoms with Crippen molar-refractivity contribution in [2.24, 2.45) is 0 Å². The molecule has 1 aromatic rings. The van der Waals surface area contributed by atoms with Crippen LogP contribution < -0.4 is 0 Å². The highest BCUT2D eigenvalue weighted by Crippen LogP contribution is 2.13. The van der Waals surface area contributed by atoms with Crippen molar-refractivity contribution in [2.75, 3.05) is 7.11 Å². The Morgan fingerprint density at radius 1 is 1.38 bits per heavy atom. The molecule has 0 aliphatic rings. The van der Waals surface area contributed by atoms with Crippen LogP contribution in [0.5, 0.6) is 0 Å². The van der Waals surface area contributed by atoms with Crippen LogP contribution in [0.1, 0.15) is 27.9 Å². The maximum absolute atomic E-state index is 11.2. The first-order chi connectivity index (χ1) is 7.54. The molecule has 0 aromatic heterocycles. The zero-order valence-corrected chi connectivity index (χ0v) is 9.32. The Bertz CT molecular complexity index is 409. The molecule has 0 spiro atoms. The van der Waals surface area contributed by atoms with Crippen molar-refractivity contribution in [3.8, 4) is 0 Å². The second-order valence-electron chi connectivity index (χ2n) is 3.53. The van der Waals surface area contributed by atoms with Gasteiger partial charge in [0.15, 0.2) is 0 Å². The van der Waals surface area contributed by atoms with Crippen LogP contribution in [0.3, 0.4) is 0 Å². The summed E-state index contributed by atoms with van der Waals surface area (Å²) in [6.07, 6.45) is 0.570. The molecule has 1 N–H and O–H groups in total. The van der Waals surface area contributed by atoms with Gasteiger partial charge in [-0.3, -0.25) is 4.79 Å². The summed E-state index contributed by atoms with van der Waals surface area (Å²) in [7, 11) is 1.33. The first-order valence-electron chi connectivity index (χ1n) is 4.94. The van der Waals surface area contributed by atoms with Crippen LogP contribution in [0, 0.1) is 6.92 Å². The molecule has 0 amide bonds. The minimum atomic E-state index is -0.823. The molecule has 0 saturated carbocycles. The average molecular weight is 222 g/mol. The Morgan fingerprint density at radius 3 is 2.56 bits per heavy atom. The molecule has 0 saturated heterocycles. The Kier molecular flexibility index (Phi) is 4.05. The summed E-state index contributed by atoms with van der Waals surface area (Å²) >= 11 is 0. The maximum Gasteiger partial charge on any atom is 0.337 e. The highest BCUT2D eigenvalue weighted by molar-refractivity contribution is 5.89. The van der Waals surface area contributed by atoms with E-state index in [0.717, 1.165) is 11.1 Å². The van der Waals surface area contributed by atoms with E-state index in [-0.39, 0.29) is 12.4 Å². The van der Waals surface area contributed by atoms with E-state index in [1.807, 2.05) is 6.92 Å². The van der Waals surface area contributed by atoms with Crippen LogP contribution in [0.2, 0.25) is 0 Å². The van der Waals surface area contributed by atoms with E-state index in [0.29, 0.717) is 12.0 Å². The van der Waals surface area contributed by atoms with Crippen molar-refractivity contribution in [1.82, 2.24) is 0 Å². The third kappa shape index (κ3) is 3.08. The summed E-state index contributed by atoms with van der Waals surface area (Å²) < 4.78 is 4.60. The third-order valence-electron chi connectivity index (χ3n) is 2.37. The molecule has 0 aliphatic heterocycles. The number of hydrogen-bond acceptors (Lipinski definition) is 3. The minimum Gasteiger partial charge on any atom is -0.481 e. The summed E-state index contributed by atoms with van der Waals surface area (Å²) in [4.78, 5) is 21.7. The van der Waals surface area contributed by atoms with Crippen molar-refractivity contribution < 1.29 is 19.4 Å². The highest BCUT2D eigenvalue weighted by Gasteiger charge is 2.08. The van der Waals surface area contributed by atoms with Crippen molar-refractivity contribution in [1.29, 1.82) is 0 Å². The van der Waals surface area contributed by atoms with Crippen LogP contribution in [0.25, 0.3) is 0 Å². The van der Waals surface area contributed by atoms with Crippen LogP contribution in [-0.2, 0) is 16.0 Å². The number of carbonyl (C=O) groups is 2. The lowest BCUT2D eigenvalue weighted by molar-refractivity contribution is -0.136. The predicted molar refractivity (Wildman–Crippen MR) is 58.5 cm³/mol. The lowest BCUT2D eigenvalue weighted by Gasteiger charge is -2.06. The number of carbonyl (C=O) groups excluding carboxylic acids is 1. The van der Waals surface area contributed by atoms with Gasteiger partial charge in [-0.05, 0) is 36.6 Å². The summed E-state index contributed by atoms with van der Waals surface area (Å²) in [5.41, 5.74) is 2.33. The molecule has 4 heteroatoms. The molecule has 16 heavy (non-hydrogen) atoms. The van der Waals surface area contributed by atoms with E-state index in [4.69, 9.17) is 5.11 Å². The number of rotatable bonds is 4. The van der Waals surface area contributed by atoms with E-state index in [2.05, 4.69) is 4.74 Å². The lowest BCUT2D eigenvalue weighted by Crippen LogP contribution is -2.04. The van der Waals surface area contributed by atoms with E-state index in [1.165, 1.54) is 7.11 Å². The second-order valence-corrected chi connectivity index (χ2v) is 3.53. The molecular weight excluding hydrogens is 208 g/mol. The average Bonchev–Trinajstić information content (AvgIpc) is 2.26. The predicted octanol–water partition coefficient (Wildman–Crippen LogP) is 1.80. The van der Waals surface area contributed by atoms with Gasteiger partial charge in [0.2, 0.25) is 0 Å². The smallest absolute Gasteiger partial charge is 0.337 e. The van der Waals surface area contributed by atoms with Crippen molar-refractivity contribution in [3.63, 3.8) is 0 Å². The topological polar surface area (TPSA) is 63.6 Å². The monoisotopic (exact) mass is 222 g/mol. The van der Waals surface area contributed by atoms with Gasteiger partial charge in [0.1, 0.15) is 0 Å². The number of carboxylic acids is 1. The molecule has 0 fully saturated rings. The zero-order valence-electron chi connectivity index (χ0n) is 9.32. The summed E-state index contributed by atoms with van der Waals surface area (Å²) in [6, 6.07) is 5.13. The number of methoxy groups -OCH3 is 1. The van der Waals surface area contributed by atoms with Crippen LogP contribution >= 0.6 is 0 Å². The third-order valence-corrected chi connectivity index (χ3v) is 2.37. The van der Waals surface area contributed by atoms with Gasteiger partial charge in [0, 0.05) is 6.42 Å². The van der Waals surface area contributed by atoms with Gasteiger partial charge in [-0.25, -0.2) is 4.79 Å². The zero-order chi connectivity index (χ0) is 12.1. The summed E-state index contributed by atoms with van der Waals surface area (Å²) in [5, 5.41) is 8.57. The number of benzene rings is 1. The molecule has 1 aromatic carbocycles. The van der Waals surface area contributed by atoms with Gasteiger partial charge >= 0.3 is 11.9 Å². The summed E-state index contributed by atoms with van der Waals surface area (Å²) in [5.74, 6) is -1.20. The molecule has 4 nitrogen and oxygen atoms in total. The number of aryl methyl sites for hydroxylation is 2. The van der Waals surface area contributed by atoms with E-state index >= 15 is 0 Å². The molecule has 0 heterocycles. The fourth-order valence-corrected chi connectivity index (χ4v) is 1.46. The molecule has 0 aliphatic carbocycles. The van der Waals surface area contributed by atoms with Crippen molar-refractivity contribution in [3.05, 3.63) is 34.9 Å². The van der Waals surface area contributed by atoms with Gasteiger partial charge in [0.05, 0.1) is 12.7 Å². The summed E-state index contributed by atoms with van der Waals surface area (Å²) in [6.45, 7) is 1.85. The highest BCUT2D eigenvalue weighted by atomic mass is 16.5. The fraction of sp³-hybridized carbons (Fsp3) is 0.333. The number of esters is 1. The van der Waals surface area contributed by atoms with Gasteiger partial charge in [-0.1, -0.05) is 6.07 Å². The van der Waals surface area contributed by atoms with Crippen molar-refractivity contribution >= 4 is 11.9 Å². The Morgan fingerprint density at radius 2 is 2.06 bits per heavy atom. The Labute approximate surface area is 93.9 Å². The quantitative estimate of drug-likeness (QED) is 0.789. The number of hydrogen-bond donors (Lipinski definition) is 1. The lowest BCUT2D eigenvalue weighted by atomic mass is 10.0. The SMILES string of the molecule is COC(=O)c1ccc(CCC(=O)O)c(C)c1. The number of ether oxygens (including phenoxy) is 1. The van der Waals surface area contributed by atoms with Gasteiger partial charge in [-0.15, -0.1) is 0 Å². The number of carboxylic acid groups (broad SMARTS) is 1. The molecule has 1 rings (SSSR count). The maximum atomic E-state index is 11.2. The van der Waals surface area contributed by atoms with Gasteiger partial charge in [0.25, 0.3) is 0 Å². The van der Waals surface area contributed by atoms with Gasteiger partial charge in [-0.2, -0.15) is 0 Å². The molecule has 0 radical (unpaired) electrons. The van der Waals surface area contributed by atoms with Crippen molar-refractivity contribution in [2.45, 2.75) is 19.8 Å². The largest absolute Gasteiger partial charge is 0.481 e. The van der Waals surface area contributed by atoms with Crippen LogP contribution in [0.4, 0.5) is 0 Å². The van der Waals surface area contributed by atoms with Crippen LogP contribution in [0.15, 0.2) is 18.2 Å². The molecular formula is C12H14O4. The van der Waals surface area contributed by atoms with E-state index < -0.39 is 5.97 Å². The number of aliphatic carboxylic acids is 1. The minimum absolute atomic E-state index is 0.0956. The van der Waals surface area contributed by atoms with Crippen LogP contribution in [-0.4, -0.2) is 24.2 Å². The standard InChI is InChI=1S/C12H14O4/c1-8-7-10(12(15)16-2)4-3-9(8)5-6-11(13)14/h3-4,7H,5-6H2,1-2H3,(H,13,14). The molecule has 0 atom stereocenters. The second kappa shape index (κ2) is 5.30. The molecule has 0 bridgehead atoms. The Hall–Kier alpha value is -1.84. The fourth-order valence-electron chi connectivity index (χ4n) is 1.46. The normalized spacial score (nSPS) is 9.88. The molecule has 0 unspecified atom stereocenters. The first kappa shape index (κ1) is 12.2. The Balaban J connectivity index is 2.83. The van der Waals surface area contributed by atoms with E-state index in [9.17, 15) is 9.59 Å².